The van der Waals surface area contributed by atoms with Crippen LogP contribution in [0.1, 0.15) is 12.8 Å². The van der Waals surface area contributed by atoms with Gasteiger partial charge >= 0.3 is 0 Å². The predicted octanol–water partition coefficient (Wildman–Crippen LogP) is 2.99. The Balaban J connectivity index is 1.71. The summed E-state index contributed by atoms with van der Waals surface area (Å²) < 4.78 is 0. The predicted molar refractivity (Wildman–Crippen MR) is 80.5 cm³/mol. The van der Waals surface area contributed by atoms with E-state index in [1.165, 1.54) is 36.7 Å². The second kappa shape index (κ2) is 5.57. The van der Waals surface area contributed by atoms with Crippen LogP contribution in [0.2, 0.25) is 0 Å². The van der Waals surface area contributed by atoms with E-state index in [4.69, 9.17) is 0 Å². The van der Waals surface area contributed by atoms with Gasteiger partial charge < -0.3 is 10.2 Å². The molecule has 1 aliphatic rings. The van der Waals surface area contributed by atoms with Gasteiger partial charge in [0, 0.05) is 24.7 Å². The minimum absolute atomic E-state index is 0.736. The summed E-state index contributed by atoms with van der Waals surface area (Å²) in [5.74, 6) is 1.76. The quantitative estimate of drug-likeness (QED) is 0.914. The molecule has 0 bridgehead atoms. The summed E-state index contributed by atoms with van der Waals surface area (Å²) in [5, 5.41) is 6.01. The molecular weight excluding hydrogens is 234 g/mol. The molecule has 2 heterocycles. The van der Waals surface area contributed by atoms with Gasteiger partial charge in [-0.05, 0) is 43.8 Å². The first-order valence-electron chi connectivity index (χ1n) is 7.09. The fourth-order valence-electron chi connectivity index (χ4n) is 2.94. The van der Waals surface area contributed by atoms with Crippen LogP contribution in [-0.4, -0.2) is 36.6 Å². The minimum atomic E-state index is 0.736. The van der Waals surface area contributed by atoms with Gasteiger partial charge in [-0.1, -0.05) is 24.3 Å². The first-order valence-corrected chi connectivity index (χ1v) is 7.09. The van der Waals surface area contributed by atoms with Crippen LogP contribution in [0.15, 0.2) is 36.5 Å². The molecule has 0 saturated carbocycles. The van der Waals surface area contributed by atoms with Gasteiger partial charge in [0.25, 0.3) is 0 Å². The second-order valence-corrected chi connectivity index (χ2v) is 5.53. The number of hydrogen-bond donors (Lipinski definition) is 1. The fraction of sp³-hybridized carbons (Fsp3) is 0.438. The highest BCUT2D eigenvalue weighted by atomic mass is 15.1. The molecule has 1 aromatic heterocycles. The topological polar surface area (TPSA) is 28.2 Å². The van der Waals surface area contributed by atoms with Crippen LogP contribution in [0.3, 0.4) is 0 Å². The van der Waals surface area contributed by atoms with Gasteiger partial charge in [0.05, 0.1) is 0 Å². The molecule has 1 unspecified atom stereocenters. The minimum Gasteiger partial charge on any atom is -0.369 e. The second-order valence-electron chi connectivity index (χ2n) is 5.53. The molecule has 3 rings (SSSR count). The van der Waals surface area contributed by atoms with Crippen molar-refractivity contribution in [2.75, 3.05) is 32.0 Å². The van der Waals surface area contributed by atoms with Crippen LogP contribution in [0.4, 0.5) is 5.82 Å². The number of hydrogen-bond acceptors (Lipinski definition) is 3. The lowest BCUT2D eigenvalue weighted by Gasteiger charge is -2.29. The maximum Gasteiger partial charge on any atom is 0.133 e. The lowest BCUT2D eigenvalue weighted by molar-refractivity contribution is 0.217. The van der Waals surface area contributed by atoms with E-state index in [1.807, 2.05) is 6.20 Å². The summed E-state index contributed by atoms with van der Waals surface area (Å²) in [6, 6.07) is 10.5. The van der Waals surface area contributed by atoms with E-state index < -0.39 is 0 Å². The number of nitrogens with one attached hydrogen (secondary N) is 1. The van der Waals surface area contributed by atoms with Crippen molar-refractivity contribution in [1.82, 2.24) is 9.88 Å². The number of anilines is 1. The van der Waals surface area contributed by atoms with Crippen molar-refractivity contribution in [2.24, 2.45) is 5.92 Å². The molecule has 1 saturated heterocycles. The van der Waals surface area contributed by atoms with Gasteiger partial charge in [0.1, 0.15) is 5.82 Å². The molecule has 3 heteroatoms. The molecule has 0 spiro atoms. The molecule has 1 aliphatic heterocycles. The van der Waals surface area contributed by atoms with Gasteiger partial charge in [0.2, 0.25) is 0 Å². The van der Waals surface area contributed by atoms with Crippen LogP contribution in [0.25, 0.3) is 10.8 Å². The number of pyridine rings is 1. The summed E-state index contributed by atoms with van der Waals surface area (Å²) in [4.78, 5) is 6.91. The normalized spacial score (nSPS) is 20.6. The third-order valence-corrected chi connectivity index (χ3v) is 3.95. The Morgan fingerprint density at radius 3 is 3.11 bits per heavy atom. The van der Waals surface area contributed by atoms with E-state index in [-0.39, 0.29) is 0 Å². The molecule has 1 aromatic carbocycles. The van der Waals surface area contributed by atoms with Crippen LogP contribution < -0.4 is 5.32 Å². The maximum absolute atomic E-state index is 4.49. The number of aromatic nitrogens is 1. The van der Waals surface area contributed by atoms with Crippen molar-refractivity contribution in [3.05, 3.63) is 36.5 Å². The van der Waals surface area contributed by atoms with Gasteiger partial charge in [-0.25, -0.2) is 4.98 Å². The van der Waals surface area contributed by atoms with Crippen molar-refractivity contribution in [2.45, 2.75) is 12.8 Å². The molecule has 0 amide bonds. The van der Waals surface area contributed by atoms with Crippen LogP contribution in [-0.2, 0) is 0 Å². The molecule has 19 heavy (non-hydrogen) atoms. The molecule has 3 nitrogen and oxygen atoms in total. The van der Waals surface area contributed by atoms with Gasteiger partial charge in [0.15, 0.2) is 0 Å². The van der Waals surface area contributed by atoms with E-state index in [1.54, 1.807) is 0 Å². The first-order chi connectivity index (χ1) is 9.33. The van der Waals surface area contributed by atoms with E-state index in [0.717, 1.165) is 18.3 Å². The average molecular weight is 255 g/mol. The average Bonchev–Trinajstić information content (AvgIpc) is 2.45. The van der Waals surface area contributed by atoms with E-state index >= 15 is 0 Å². The Morgan fingerprint density at radius 1 is 1.32 bits per heavy atom. The van der Waals surface area contributed by atoms with Crippen LogP contribution in [0.5, 0.6) is 0 Å². The lowest BCUT2D eigenvalue weighted by atomic mass is 9.98. The smallest absolute Gasteiger partial charge is 0.133 e. The number of benzene rings is 1. The van der Waals surface area contributed by atoms with Gasteiger partial charge in [-0.2, -0.15) is 0 Å². The highest BCUT2D eigenvalue weighted by Crippen LogP contribution is 2.22. The van der Waals surface area contributed by atoms with Crippen LogP contribution >= 0.6 is 0 Å². The lowest BCUT2D eigenvalue weighted by Crippen LogP contribution is -2.35. The fourth-order valence-corrected chi connectivity index (χ4v) is 2.94. The summed E-state index contributed by atoms with van der Waals surface area (Å²) in [7, 11) is 2.21. The van der Waals surface area contributed by atoms with E-state index in [2.05, 4.69) is 52.6 Å². The maximum atomic E-state index is 4.49. The van der Waals surface area contributed by atoms with Gasteiger partial charge in [-0.15, -0.1) is 0 Å². The van der Waals surface area contributed by atoms with E-state index in [0.29, 0.717) is 0 Å². The van der Waals surface area contributed by atoms with Crippen LogP contribution in [0, 0.1) is 5.92 Å². The standard InChI is InChI=1S/C16H21N3/c1-19-10-4-5-13(12-19)11-18-16-15-7-3-2-6-14(15)8-9-17-16/h2-3,6-9,13H,4-5,10-12H2,1H3,(H,17,18). The largest absolute Gasteiger partial charge is 0.369 e. The van der Waals surface area contributed by atoms with Crippen molar-refractivity contribution < 1.29 is 0 Å². The monoisotopic (exact) mass is 255 g/mol. The number of likely N-dealkylation sites (tertiary alicyclic amines) is 1. The molecule has 1 fully saturated rings. The summed E-state index contributed by atoms with van der Waals surface area (Å²) in [5.41, 5.74) is 0. The Bertz CT molecular complexity index is 547. The SMILES string of the molecule is CN1CCCC(CNc2nccc3ccccc23)C1. The Hall–Kier alpha value is -1.61. The molecule has 0 radical (unpaired) electrons. The number of piperidine rings is 1. The first kappa shape index (κ1) is 12.4. The summed E-state index contributed by atoms with van der Waals surface area (Å²) in [6.45, 7) is 3.45. The van der Waals surface area contributed by atoms with E-state index in [9.17, 15) is 0 Å². The van der Waals surface area contributed by atoms with Crippen molar-refractivity contribution >= 4 is 16.6 Å². The Kier molecular flexibility index (Phi) is 3.65. The zero-order chi connectivity index (χ0) is 13.1. The van der Waals surface area contributed by atoms with Crippen molar-refractivity contribution in [3.8, 4) is 0 Å². The molecule has 1 N–H and O–H groups in total. The Labute approximate surface area is 114 Å². The zero-order valence-electron chi connectivity index (χ0n) is 11.5. The van der Waals surface area contributed by atoms with Gasteiger partial charge in [-0.3, -0.25) is 0 Å². The zero-order valence-corrected chi connectivity index (χ0v) is 11.5. The Morgan fingerprint density at radius 2 is 2.21 bits per heavy atom. The third-order valence-electron chi connectivity index (χ3n) is 3.95. The highest BCUT2D eigenvalue weighted by molar-refractivity contribution is 5.91. The van der Waals surface area contributed by atoms with Crippen molar-refractivity contribution in [3.63, 3.8) is 0 Å². The number of rotatable bonds is 3. The third kappa shape index (κ3) is 2.87. The molecular formula is C16H21N3. The molecule has 2 aromatic rings. The summed E-state index contributed by atoms with van der Waals surface area (Å²) in [6.07, 6.45) is 4.52. The molecule has 100 valence electrons. The number of nitrogens with zero attached hydrogens (tertiary/aromatic N) is 2. The molecule has 1 atom stereocenters. The molecule has 0 aliphatic carbocycles. The number of fused-ring (bicyclic) bond motifs is 1. The van der Waals surface area contributed by atoms with Crippen molar-refractivity contribution in [1.29, 1.82) is 0 Å². The highest BCUT2D eigenvalue weighted by Gasteiger charge is 2.17. The summed E-state index contributed by atoms with van der Waals surface area (Å²) >= 11 is 0.